The summed E-state index contributed by atoms with van der Waals surface area (Å²) in [6.07, 6.45) is 0.698. The van der Waals surface area contributed by atoms with Crippen LogP contribution in [0.15, 0.2) is 29.2 Å². The summed E-state index contributed by atoms with van der Waals surface area (Å²) in [4.78, 5) is 0.158. The van der Waals surface area contributed by atoms with Crippen molar-refractivity contribution in [3.05, 3.63) is 29.3 Å². The van der Waals surface area contributed by atoms with E-state index in [1.807, 2.05) is 0 Å². The molecule has 1 heterocycles. The van der Waals surface area contributed by atoms with Crippen molar-refractivity contribution < 1.29 is 8.42 Å². The topological polar surface area (TPSA) is 63.4 Å². The van der Waals surface area contributed by atoms with E-state index in [-0.39, 0.29) is 16.0 Å². The molecular weight excluding hydrogens is 248 g/mol. The largest absolute Gasteiger partial charge is 0.326 e. The van der Waals surface area contributed by atoms with Gasteiger partial charge in [-0.1, -0.05) is 23.7 Å². The second kappa shape index (κ2) is 4.33. The molecule has 1 aromatic rings. The van der Waals surface area contributed by atoms with Gasteiger partial charge >= 0.3 is 0 Å². The Morgan fingerprint density at radius 1 is 1.38 bits per heavy atom. The standard InChI is InChI=1S/C10H13ClN2O2S/c11-9-3-1-2-4-10(9)16(14,15)13-6-5-8(12)7-13/h1-4,8H,5-7,12H2. The summed E-state index contributed by atoms with van der Waals surface area (Å²) in [6, 6.07) is 6.38. The minimum Gasteiger partial charge on any atom is -0.326 e. The SMILES string of the molecule is NC1CCN(S(=O)(=O)c2ccccc2Cl)C1. The molecule has 1 fully saturated rings. The van der Waals surface area contributed by atoms with Gasteiger partial charge in [0.2, 0.25) is 10.0 Å². The summed E-state index contributed by atoms with van der Waals surface area (Å²) >= 11 is 5.89. The van der Waals surface area contributed by atoms with Crippen LogP contribution in [0.25, 0.3) is 0 Å². The summed E-state index contributed by atoms with van der Waals surface area (Å²) in [5.41, 5.74) is 5.70. The first-order valence-corrected chi connectivity index (χ1v) is 6.84. The molecule has 4 nitrogen and oxygen atoms in total. The average Bonchev–Trinajstić information content (AvgIpc) is 2.66. The highest BCUT2D eigenvalue weighted by Gasteiger charge is 2.31. The molecule has 88 valence electrons. The lowest BCUT2D eigenvalue weighted by molar-refractivity contribution is 0.472. The molecule has 2 rings (SSSR count). The second-order valence-corrected chi connectivity index (χ2v) is 6.16. The van der Waals surface area contributed by atoms with E-state index in [2.05, 4.69) is 0 Å². The Morgan fingerprint density at radius 2 is 2.06 bits per heavy atom. The van der Waals surface area contributed by atoms with Gasteiger partial charge in [0, 0.05) is 19.1 Å². The van der Waals surface area contributed by atoms with Crippen LogP contribution in [0.4, 0.5) is 0 Å². The number of rotatable bonds is 2. The fraction of sp³-hybridized carbons (Fsp3) is 0.400. The van der Waals surface area contributed by atoms with E-state index >= 15 is 0 Å². The third kappa shape index (κ3) is 2.08. The number of sulfonamides is 1. The van der Waals surface area contributed by atoms with E-state index in [4.69, 9.17) is 17.3 Å². The molecule has 2 N–H and O–H groups in total. The maximum Gasteiger partial charge on any atom is 0.244 e. The Morgan fingerprint density at radius 3 is 2.62 bits per heavy atom. The van der Waals surface area contributed by atoms with E-state index in [1.54, 1.807) is 18.2 Å². The van der Waals surface area contributed by atoms with E-state index < -0.39 is 10.0 Å². The molecule has 16 heavy (non-hydrogen) atoms. The van der Waals surface area contributed by atoms with Gasteiger partial charge in [0.25, 0.3) is 0 Å². The third-order valence-corrected chi connectivity index (χ3v) is 5.01. The van der Waals surface area contributed by atoms with Crippen molar-refractivity contribution in [3.63, 3.8) is 0 Å². The Balaban J connectivity index is 2.36. The minimum absolute atomic E-state index is 0.0720. The van der Waals surface area contributed by atoms with Crippen LogP contribution in [0, 0.1) is 0 Å². The zero-order valence-electron chi connectivity index (χ0n) is 8.64. The smallest absolute Gasteiger partial charge is 0.244 e. The summed E-state index contributed by atoms with van der Waals surface area (Å²) in [6.45, 7) is 0.836. The molecule has 1 unspecified atom stereocenters. The van der Waals surface area contributed by atoms with Crippen molar-refractivity contribution in [1.82, 2.24) is 4.31 Å². The van der Waals surface area contributed by atoms with Crippen molar-refractivity contribution in [1.29, 1.82) is 0 Å². The first-order chi connectivity index (χ1) is 7.51. The van der Waals surface area contributed by atoms with Crippen LogP contribution in [-0.4, -0.2) is 31.9 Å². The first kappa shape index (κ1) is 11.9. The molecule has 0 saturated carbocycles. The molecule has 0 amide bonds. The molecule has 1 saturated heterocycles. The average molecular weight is 261 g/mol. The molecule has 0 aromatic heterocycles. The van der Waals surface area contributed by atoms with Crippen LogP contribution < -0.4 is 5.73 Å². The molecule has 1 atom stereocenters. The van der Waals surface area contributed by atoms with Gasteiger partial charge in [-0.05, 0) is 18.6 Å². The van der Waals surface area contributed by atoms with Gasteiger partial charge in [-0.25, -0.2) is 8.42 Å². The van der Waals surface area contributed by atoms with Crippen molar-refractivity contribution in [2.45, 2.75) is 17.4 Å². The highest BCUT2D eigenvalue weighted by Crippen LogP contribution is 2.26. The summed E-state index contributed by atoms with van der Waals surface area (Å²) in [5, 5.41) is 0.253. The van der Waals surface area contributed by atoms with Crippen LogP contribution in [0.2, 0.25) is 5.02 Å². The number of hydrogen-bond donors (Lipinski definition) is 1. The number of benzene rings is 1. The molecule has 0 aliphatic carbocycles. The normalized spacial score (nSPS) is 22.5. The Kier molecular flexibility index (Phi) is 3.21. The predicted molar refractivity (Wildman–Crippen MR) is 62.8 cm³/mol. The maximum absolute atomic E-state index is 12.2. The van der Waals surface area contributed by atoms with Crippen molar-refractivity contribution >= 4 is 21.6 Å². The lowest BCUT2D eigenvalue weighted by Crippen LogP contribution is -2.32. The van der Waals surface area contributed by atoms with Crippen molar-refractivity contribution in [3.8, 4) is 0 Å². The molecule has 1 aromatic carbocycles. The predicted octanol–water partition coefficient (Wildman–Crippen LogP) is 1.06. The maximum atomic E-state index is 12.2. The van der Waals surface area contributed by atoms with Crippen LogP contribution in [-0.2, 0) is 10.0 Å². The van der Waals surface area contributed by atoms with Crippen molar-refractivity contribution in [2.75, 3.05) is 13.1 Å². The quantitative estimate of drug-likeness (QED) is 0.865. The van der Waals surface area contributed by atoms with E-state index in [1.165, 1.54) is 10.4 Å². The zero-order chi connectivity index (χ0) is 11.8. The highest BCUT2D eigenvalue weighted by atomic mass is 35.5. The monoisotopic (exact) mass is 260 g/mol. The Hall–Kier alpha value is -0.620. The fourth-order valence-corrected chi connectivity index (χ4v) is 3.77. The highest BCUT2D eigenvalue weighted by molar-refractivity contribution is 7.89. The second-order valence-electron chi connectivity index (χ2n) is 3.84. The van der Waals surface area contributed by atoms with Crippen LogP contribution in [0.5, 0.6) is 0 Å². The minimum atomic E-state index is -3.48. The van der Waals surface area contributed by atoms with Crippen LogP contribution >= 0.6 is 11.6 Å². The molecule has 0 bridgehead atoms. The van der Waals surface area contributed by atoms with Gasteiger partial charge in [-0.2, -0.15) is 4.31 Å². The Labute approximate surface area is 100 Å². The molecule has 0 spiro atoms. The fourth-order valence-electron chi connectivity index (χ4n) is 1.77. The number of nitrogens with zero attached hydrogens (tertiary/aromatic N) is 1. The molecular formula is C10H13ClN2O2S. The van der Waals surface area contributed by atoms with Crippen molar-refractivity contribution in [2.24, 2.45) is 5.73 Å². The summed E-state index contributed by atoms with van der Waals surface area (Å²) in [7, 11) is -3.48. The van der Waals surface area contributed by atoms with Crippen LogP contribution in [0.1, 0.15) is 6.42 Å². The number of hydrogen-bond acceptors (Lipinski definition) is 3. The molecule has 0 radical (unpaired) electrons. The lowest BCUT2D eigenvalue weighted by Gasteiger charge is -2.16. The van der Waals surface area contributed by atoms with E-state index in [0.717, 1.165) is 0 Å². The zero-order valence-corrected chi connectivity index (χ0v) is 10.2. The van der Waals surface area contributed by atoms with Gasteiger partial charge in [-0.3, -0.25) is 0 Å². The van der Waals surface area contributed by atoms with Gasteiger partial charge in [-0.15, -0.1) is 0 Å². The van der Waals surface area contributed by atoms with E-state index in [0.29, 0.717) is 19.5 Å². The first-order valence-electron chi connectivity index (χ1n) is 5.02. The lowest BCUT2D eigenvalue weighted by atomic mass is 10.3. The van der Waals surface area contributed by atoms with Gasteiger partial charge in [0.1, 0.15) is 4.90 Å². The number of halogens is 1. The van der Waals surface area contributed by atoms with Gasteiger partial charge in [0.15, 0.2) is 0 Å². The molecule has 6 heteroatoms. The van der Waals surface area contributed by atoms with Gasteiger partial charge < -0.3 is 5.73 Å². The van der Waals surface area contributed by atoms with E-state index in [9.17, 15) is 8.42 Å². The third-order valence-electron chi connectivity index (χ3n) is 2.64. The van der Waals surface area contributed by atoms with Crippen LogP contribution in [0.3, 0.4) is 0 Å². The molecule has 1 aliphatic rings. The van der Waals surface area contributed by atoms with Gasteiger partial charge in [0.05, 0.1) is 5.02 Å². The summed E-state index contributed by atoms with van der Waals surface area (Å²) in [5.74, 6) is 0. The number of nitrogens with two attached hydrogens (primary N) is 1. The summed E-state index contributed by atoms with van der Waals surface area (Å²) < 4.78 is 25.8. The molecule has 1 aliphatic heterocycles. The Bertz CT molecular complexity index is 489.